The third-order valence-corrected chi connectivity index (χ3v) is 5.40. The molecule has 1 aliphatic carbocycles. The number of anilines is 1. The molecule has 1 atom stereocenters. The minimum atomic E-state index is -0.158. The quantitative estimate of drug-likeness (QED) is 0.754. The van der Waals surface area contributed by atoms with E-state index in [0.29, 0.717) is 5.92 Å². The standard InChI is InChI=1S/C17H18N4OS/c22-13-8-12(9-13)15(7-11-1-4-18-5-2-11)21-17-16-14(3-6-23-16)19-10-20-17/h1-6,10,12-13,15,22H,7-9H2,(H,19,20,21)/t12?,13?,15-/m1/s1. The van der Waals surface area contributed by atoms with Crippen LogP contribution in [-0.4, -0.2) is 32.2 Å². The summed E-state index contributed by atoms with van der Waals surface area (Å²) in [5.41, 5.74) is 2.22. The maximum Gasteiger partial charge on any atom is 0.147 e. The molecule has 6 heteroatoms. The minimum Gasteiger partial charge on any atom is -0.393 e. The van der Waals surface area contributed by atoms with Crippen molar-refractivity contribution >= 4 is 27.4 Å². The van der Waals surface area contributed by atoms with Gasteiger partial charge in [-0.15, -0.1) is 11.3 Å². The highest BCUT2D eigenvalue weighted by Crippen LogP contribution is 2.34. The largest absolute Gasteiger partial charge is 0.393 e. The number of nitrogens with zero attached hydrogens (tertiary/aromatic N) is 3. The normalized spacial score (nSPS) is 21.8. The SMILES string of the molecule is OC1CC([C@@H](Cc2ccncc2)Nc2ncnc3ccsc23)C1. The Balaban J connectivity index is 1.59. The zero-order valence-electron chi connectivity index (χ0n) is 12.6. The van der Waals surface area contributed by atoms with Gasteiger partial charge in [0, 0.05) is 18.4 Å². The van der Waals surface area contributed by atoms with E-state index in [-0.39, 0.29) is 12.1 Å². The number of pyridine rings is 1. The van der Waals surface area contributed by atoms with Crippen LogP contribution in [0.5, 0.6) is 0 Å². The summed E-state index contributed by atoms with van der Waals surface area (Å²) in [6.45, 7) is 0. The summed E-state index contributed by atoms with van der Waals surface area (Å²) in [5, 5.41) is 15.3. The second-order valence-electron chi connectivity index (χ2n) is 6.05. The molecule has 0 bridgehead atoms. The summed E-state index contributed by atoms with van der Waals surface area (Å²) in [7, 11) is 0. The second kappa shape index (κ2) is 6.22. The van der Waals surface area contributed by atoms with Gasteiger partial charge in [-0.1, -0.05) is 0 Å². The van der Waals surface area contributed by atoms with Crippen LogP contribution in [0.1, 0.15) is 18.4 Å². The Bertz CT molecular complexity index is 785. The Hall–Kier alpha value is -2.05. The molecule has 0 saturated heterocycles. The van der Waals surface area contributed by atoms with Gasteiger partial charge in [0.05, 0.1) is 16.3 Å². The fraction of sp³-hybridized carbons (Fsp3) is 0.353. The van der Waals surface area contributed by atoms with E-state index in [9.17, 15) is 5.11 Å². The molecule has 1 aliphatic rings. The molecule has 0 aliphatic heterocycles. The first-order valence-electron chi connectivity index (χ1n) is 7.81. The lowest BCUT2D eigenvalue weighted by molar-refractivity contribution is 0.0342. The van der Waals surface area contributed by atoms with Crippen LogP contribution < -0.4 is 5.32 Å². The van der Waals surface area contributed by atoms with Crippen molar-refractivity contribution in [3.8, 4) is 0 Å². The minimum absolute atomic E-state index is 0.158. The fourth-order valence-electron chi connectivity index (χ4n) is 3.13. The average molecular weight is 326 g/mol. The molecule has 0 spiro atoms. The second-order valence-corrected chi connectivity index (χ2v) is 6.97. The summed E-state index contributed by atoms with van der Waals surface area (Å²) >= 11 is 1.65. The summed E-state index contributed by atoms with van der Waals surface area (Å²) in [6.07, 6.45) is 7.69. The van der Waals surface area contributed by atoms with E-state index < -0.39 is 0 Å². The Morgan fingerprint density at radius 2 is 2.04 bits per heavy atom. The number of hydrogen-bond donors (Lipinski definition) is 2. The Morgan fingerprint density at radius 3 is 2.83 bits per heavy atom. The smallest absolute Gasteiger partial charge is 0.147 e. The van der Waals surface area contributed by atoms with Crippen LogP contribution in [0, 0.1) is 5.92 Å². The summed E-state index contributed by atoms with van der Waals surface area (Å²) in [4.78, 5) is 12.8. The molecule has 5 nitrogen and oxygen atoms in total. The van der Waals surface area contributed by atoms with Crippen molar-refractivity contribution in [3.63, 3.8) is 0 Å². The van der Waals surface area contributed by atoms with Gasteiger partial charge in [0.2, 0.25) is 0 Å². The third-order valence-electron chi connectivity index (χ3n) is 4.49. The maximum absolute atomic E-state index is 9.68. The summed E-state index contributed by atoms with van der Waals surface area (Å²) in [5.74, 6) is 1.36. The van der Waals surface area contributed by atoms with Crippen molar-refractivity contribution < 1.29 is 5.11 Å². The van der Waals surface area contributed by atoms with Crippen LogP contribution in [-0.2, 0) is 6.42 Å². The van der Waals surface area contributed by atoms with Crippen molar-refractivity contribution in [2.75, 3.05) is 5.32 Å². The highest BCUT2D eigenvalue weighted by molar-refractivity contribution is 7.17. The summed E-state index contributed by atoms with van der Waals surface area (Å²) < 4.78 is 1.09. The van der Waals surface area contributed by atoms with Gasteiger partial charge >= 0.3 is 0 Å². The molecule has 0 amide bonds. The lowest BCUT2D eigenvalue weighted by Crippen LogP contribution is -2.42. The van der Waals surface area contributed by atoms with Crippen LogP contribution in [0.4, 0.5) is 5.82 Å². The lowest BCUT2D eigenvalue weighted by Gasteiger charge is -2.38. The number of thiophene rings is 1. The average Bonchev–Trinajstić information content (AvgIpc) is 3.02. The zero-order valence-corrected chi connectivity index (χ0v) is 13.4. The van der Waals surface area contributed by atoms with Crippen LogP contribution >= 0.6 is 11.3 Å². The number of aliphatic hydroxyl groups is 1. The zero-order chi connectivity index (χ0) is 15.6. The van der Waals surface area contributed by atoms with E-state index >= 15 is 0 Å². The Morgan fingerprint density at radius 1 is 1.22 bits per heavy atom. The Kier molecular flexibility index (Phi) is 3.93. The number of nitrogens with one attached hydrogen (secondary N) is 1. The number of aliphatic hydroxyl groups excluding tert-OH is 1. The highest BCUT2D eigenvalue weighted by Gasteiger charge is 2.34. The first-order chi connectivity index (χ1) is 11.3. The van der Waals surface area contributed by atoms with Crippen molar-refractivity contribution in [1.82, 2.24) is 15.0 Å². The molecule has 3 heterocycles. The van der Waals surface area contributed by atoms with Gasteiger partial charge in [-0.3, -0.25) is 4.98 Å². The molecule has 2 N–H and O–H groups in total. The first kappa shape index (κ1) is 14.5. The number of fused-ring (bicyclic) bond motifs is 1. The topological polar surface area (TPSA) is 70.9 Å². The van der Waals surface area contributed by atoms with Gasteiger partial charge in [0.15, 0.2) is 0 Å². The van der Waals surface area contributed by atoms with Gasteiger partial charge < -0.3 is 10.4 Å². The van der Waals surface area contributed by atoms with Crippen molar-refractivity contribution in [1.29, 1.82) is 0 Å². The maximum atomic E-state index is 9.68. The van der Waals surface area contributed by atoms with Gasteiger partial charge in [-0.05, 0) is 54.3 Å². The summed E-state index contributed by atoms with van der Waals surface area (Å²) in [6, 6.07) is 6.35. The molecule has 3 aromatic heterocycles. The van der Waals surface area contributed by atoms with E-state index in [1.165, 1.54) is 5.56 Å². The predicted octanol–water partition coefficient (Wildman–Crippen LogP) is 2.88. The molecule has 0 aromatic carbocycles. The van der Waals surface area contributed by atoms with Gasteiger partial charge in [0.25, 0.3) is 0 Å². The monoisotopic (exact) mass is 326 g/mol. The molecule has 1 fully saturated rings. The molecule has 4 rings (SSSR count). The van der Waals surface area contributed by atoms with Crippen LogP contribution in [0.3, 0.4) is 0 Å². The van der Waals surface area contributed by atoms with E-state index in [0.717, 1.165) is 35.3 Å². The fourth-order valence-corrected chi connectivity index (χ4v) is 3.93. The lowest BCUT2D eigenvalue weighted by atomic mass is 9.75. The number of hydrogen-bond acceptors (Lipinski definition) is 6. The van der Waals surface area contributed by atoms with Crippen molar-refractivity contribution in [2.45, 2.75) is 31.4 Å². The third kappa shape index (κ3) is 3.04. The van der Waals surface area contributed by atoms with Gasteiger partial charge in [-0.25, -0.2) is 9.97 Å². The van der Waals surface area contributed by atoms with Crippen molar-refractivity contribution in [2.24, 2.45) is 5.92 Å². The van der Waals surface area contributed by atoms with Crippen molar-refractivity contribution in [3.05, 3.63) is 47.9 Å². The molecule has 0 unspecified atom stereocenters. The molecule has 23 heavy (non-hydrogen) atoms. The van der Waals surface area contributed by atoms with Crippen LogP contribution in [0.2, 0.25) is 0 Å². The van der Waals surface area contributed by atoms with E-state index in [1.807, 2.05) is 36.0 Å². The number of aromatic nitrogens is 3. The molecule has 3 aromatic rings. The van der Waals surface area contributed by atoms with E-state index in [1.54, 1.807) is 17.7 Å². The van der Waals surface area contributed by atoms with Crippen LogP contribution in [0.15, 0.2) is 42.3 Å². The molecular formula is C17H18N4OS. The Labute approximate surface area is 138 Å². The number of rotatable bonds is 5. The highest BCUT2D eigenvalue weighted by atomic mass is 32.1. The van der Waals surface area contributed by atoms with E-state index in [2.05, 4.69) is 20.3 Å². The van der Waals surface area contributed by atoms with Crippen LogP contribution in [0.25, 0.3) is 10.2 Å². The first-order valence-corrected chi connectivity index (χ1v) is 8.69. The van der Waals surface area contributed by atoms with Gasteiger partial charge in [-0.2, -0.15) is 0 Å². The molecule has 0 radical (unpaired) electrons. The molecule has 1 saturated carbocycles. The van der Waals surface area contributed by atoms with Gasteiger partial charge in [0.1, 0.15) is 12.1 Å². The predicted molar refractivity (Wildman–Crippen MR) is 91.5 cm³/mol. The molecule has 118 valence electrons. The molecular weight excluding hydrogens is 308 g/mol. The van der Waals surface area contributed by atoms with E-state index in [4.69, 9.17) is 0 Å².